The van der Waals surface area contributed by atoms with Crippen molar-refractivity contribution in [3.8, 4) is 0 Å². The van der Waals surface area contributed by atoms with Gasteiger partial charge in [0.05, 0.1) is 65.6 Å². The Morgan fingerprint density at radius 1 is 0.241 bits per heavy atom. The Kier molecular flexibility index (Phi) is 33.8. The van der Waals surface area contributed by atoms with Gasteiger partial charge in [-0.2, -0.15) is 0 Å². The van der Waals surface area contributed by atoms with Gasteiger partial charge in [0.25, 0.3) is 0 Å². The largest absolute Gasteiger partial charge is 0.394 e. The van der Waals surface area contributed by atoms with Crippen molar-refractivity contribution in [1.29, 1.82) is 0 Å². The molecule has 116 heavy (non-hydrogen) atoms. The van der Waals surface area contributed by atoms with Crippen molar-refractivity contribution in [3.05, 3.63) is 0 Å². The Bertz CT molecular complexity index is 3030. The maximum Gasteiger partial charge on any atom is 0.217 e. The second-order valence-corrected chi connectivity index (χ2v) is 29.6. The maximum atomic E-state index is 13.1. The molecule has 0 bridgehead atoms. The lowest BCUT2D eigenvalue weighted by molar-refractivity contribution is -0.393. The van der Waals surface area contributed by atoms with Crippen molar-refractivity contribution >= 4 is 11.8 Å². The van der Waals surface area contributed by atoms with E-state index >= 15 is 0 Å². The molecular weight excluding hydrogens is 1600 g/mol. The van der Waals surface area contributed by atoms with Crippen LogP contribution in [-0.4, -0.2) is 526 Å². The van der Waals surface area contributed by atoms with E-state index in [0.29, 0.717) is 0 Å². The molecule has 0 aromatic carbocycles. The van der Waals surface area contributed by atoms with Crippen molar-refractivity contribution in [2.75, 3.05) is 59.5 Å². The predicted octanol–water partition coefficient (Wildman–Crippen LogP) is -21.5. The van der Waals surface area contributed by atoms with Gasteiger partial charge in [-0.15, -0.1) is 0 Å². The summed E-state index contributed by atoms with van der Waals surface area (Å²) >= 11 is 0. The molecule has 0 aliphatic carbocycles. The molecule has 10 heterocycles. The molecule has 0 aromatic rings. The fraction of sp³-hybridized carbons (Fsp3) is 0.969. The van der Waals surface area contributed by atoms with E-state index in [2.05, 4.69) is 10.6 Å². The zero-order chi connectivity index (χ0) is 85.2. The molecule has 10 saturated heterocycles. The molecule has 0 aromatic heterocycles. The second-order valence-electron chi connectivity index (χ2n) is 29.6. The van der Waals surface area contributed by atoms with E-state index in [9.17, 15) is 158 Å². The van der Waals surface area contributed by atoms with Gasteiger partial charge in [0.1, 0.15) is 238 Å². The first-order valence-electron chi connectivity index (χ1n) is 37.0. The molecule has 2 amide bonds. The fourth-order valence-corrected chi connectivity index (χ4v) is 14.9. The normalized spacial score (nSPS) is 51.8. The standard InChI is InChI=1S/C64H108N2O50/c1-13-27(75)37(85)42(90)57(101-13)99-12-24-50(35(83)25(55(97)102-24)65-14(2)73)111-56-26(66-15(3)74)36(84)49(21(9-72)108-56)112-63-48(96)53(115-61-45(93)40(88)30(78)18(6-69)105-61)34(82)23(110-63)10-98-58-46(94)52(114-60-44(92)39(87)29(77)17(5-68)104-60)33(81)22(109-58)11-100-64-54(41(89)31(79)19(7-70)107-64)116-62-47(95)51(32(80)20(8-71)106-62)113-59-43(91)38(86)28(76)16(4-67)103-59/h13,16-64,67-72,75-97H,4-12H2,1-3H3,(H,65,73)(H,66,74)/t13-,16+,17+,18+,19+,20+,21+,22+,23+,24+,25+,26+,27+,28+,29+,30+,31+,32+,33+,34+,35+,36+,37+,38-,39-,40-,41-,42-,43+,44-,45-,46-,47-,48-,49+,50+,51-,52-,53-,54-,55+,56-,57+,58-,59+,60+,61+,62+,63-,64-/m0/s1. The molecule has 0 unspecified atom stereocenters. The zero-order valence-corrected chi connectivity index (χ0v) is 61.8. The monoisotopic (exact) mass is 1700 g/mol. The second kappa shape index (κ2) is 41.2. The van der Waals surface area contributed by atoms with Crippen LogP contribution in [0, 0.1) is 0 Å². The number of carbonyl (C=O) groups is 2. The highest BCUT2D eigenvalue weighted by Crippen LogP contribution is 2.40. The summed E-state index contributed by atoms with van der Waals surface area (Å²) in [7, 11) is 0. The third kappa shape index (κ3) is 20.5. The Labute approximate surface area is 655 Å². The lowest BCUT2D eigenvalue weighted by Crippen LogP contribution is -2.70. The fourth-order valence-electron chi connectivity index (χ4n) is 14.9. The van der Waals surface area contributed by atoms with Gasteiger partial charge in [-0.3, -0.25) is 9.59 Å². The van der Waals surface area contributed by atoms with Gasteiger partial charge < -0.3 is 249 Å². The number of rotatable bonds is 29. The molecule has 50 atom stereocenters. The van der Waals surface area contributed by atoms with Crippen molar-refractivity contribution in [3.63, 3.8) is 0 Å². The molecule has 674 valence electrons. The van der Waals surface area contributed by atoms with Crippen LogP contribution in [-0.2, 0) is 99.6 Å². The molecule has 0 spiro atoms. The number of aliphatic hydroxyl groups excluding tert-OH is 29. The minimum Gasteiger partial charge on any atom is -0.394 e. The summed E-state index contributed by atoms with van der Waals surface area (Å²) in [5.74, 6) is -1.79. The minimum absolute atomic E-state index is 0.827. The predicted molar refractivity (Wildman–Crippen MR) is 351 cm³/mol. The van der Waals surface area contributed by atoms with Crippen LogP contribution in [0.5, 0.6) is 0 Å². The number of hydrogen-bond donors (Lipinski definition) is 31. The van der Waals surface area contributed by atoms with Crippen molar-refractivity contribution in [1.82, 2.24) is 10.6 Å². The van der Waals surface area contributed by atoms with Crippen molar-refractivity contribution in [2.24, 2.45) is 0 Å². The number of hydrogen-bond acceptors (Lipinski definition) is 50. The van der Waals surface area contributed by atoms with E-state index < -0.39 is 378 Å². The third-order valence-electron chi connectivity index (χ3n) is 21.6. The molecule has 0 saturated carbocycles. The van der Waals surface area contributed by atoms with E-state index in [1.54, 1.807) is 0 Å². The van der Waals surface area contributed by atoms with Gasteiger partial charge in [0.15, 0.2) is 62.9 Å². The van der Waals surface area contributed by atoms with Gasteiger partial charge in [0.2, 0.25) is 11.8 Å². The van der Waals surface area contributed by atoms with Crippen LogP contribution in [0.4, 0.5) is 0 Å². The smallest absolute Gasteiger partial charge is 0.217 e. The molecule has 31 N–H and O–H groups in total. The van der Waals surface area contributed by atoms with E-state index in [1.165, 1.54) is 6.92 Å². The Morgan fingerprint density at radius 2 is 0.517 bits per heavy atom. The summed E-state index contributed by atoms with van der Waals surface area (Å²) in [5, 5.41) is 324. The van der Waals surface area contributed by atoms with Crippen LogP contribution in [0.2, 0.25) is 0 Å². The first-order valence-corrected chi connectivity index (χ1v) is 37.0. The lowest BCUT2D eigenvalue weighted by Gasteiger charge is -2.50. The van der Waals surface area contributed by atoms with Gasteiger partial charge in [-0.25, -0.2) is 0 Å². The quantitative estimate of drug-likeness (QED) is 0.0331. The summed E-state index contributed by atoms with van der Waals surface area (Å²) in [6.07, 6.45) is -99.3. The van der Waals surface area contributed by atoms with Crippen LogP contribution < -0.4 is 10.6 Å². The van der Waals surface area contributed by atoms with E-state index in [4.69, 9.17) is 90.0 Å². The lowest BCUT2D eigenvalue weighted by atomic mass is 9.93. The third-order valence-corrected chi connectivity index (χ3v) is 21.6. The minimum atomic E-state index is -2.48. The molecular formula is C64H108N2O50. The molecule has 52 nitrogen and oxygen atoms in total. The molecule has 10 aliphatic rings. The highest BCUT2D eigenvalue weighted by Gasteiger charge is 2.61. The van der Waals surface area contributed by atoms with Crippen LogP contribution in [0.3, 0.4) is 0 Å². The summed E-state index contributed by atoms with van der Waals surface area (Å²) in [4.78, 5) is 25.5. The number of nitrogens with one attached hydrogen (secondary N) is 2. The van der Waals surface area contributed by atoms with Crippen LogP contribution in [0.15, 0.2) is 0 Å². The van der Waals surface area contributed by atoms with Crippen LogP contribution >= 0.6 is 0 Å². The summed E-state index contributed by atoms with van der Waals surface area (Å²) in [6.45, 7) is -6.43. The summed E-state index contributed by atoms with van der Waals surface area (Å²) in [6, 6.07) is -3.70. The highest BCUT2D eigenvalue weighted by atomic mass is 16.8. The number of carbonyl (C=O) groups excluding carboxylic acids is 2. The highest BCUT2D eigenvalue weighted by molar-refractivity contribution is 5.73. The Morgan fingerprint density at radius 3 is 0.948 bits per heavy atom. The van der Waals surface area contributed by atoms with Gasteiger partial charge >= 0.3 is 0 Å². The Hall–Kier alpha value is -2.98. The van der Waals surface area contributed by atoms with E-state index in [1.807, 2.05) is 0 Å². The van der Waals surface area contributed by atoms with Crippen LogP contribution in [0.25, 0.3) is 0 Å². The average Bonchev–Trinajstić information content (AvgIpc) is 0.767. The molecule has 0 radical (unpaired) electrons. The number of ether oxygens (including phenoxy) is 19. The van der Waals surface area contributed by atoms with Crippen molar-refractivity contribution in [2.45, 2.75) is 328 Å². The zero-order valence-electron chi connectivity index (χ0n) is 61.8. The van der Waals surface area contributed by atoms with Gasteiger partial charge in [-0.1, -0.05) is 0 Å². The average molecular weight is 1710 g/mol. The maximum absolute atomic E-state index is 13.1. The first kappa shape index (κ1) is 95.3. The van der Waals surface area contributed by atoms with Gasteiger partial charge in [0, 0.05) is 13.8 Å². The first-order chi connectivity index (χ1) is 54.8. The summed E-state index contributed by atoms with van der Waals surface area (Å²) < 4.78 is 110. The molecule has 10 rings (SSSR count). The van der Waals surface area contributed by atoms with E-state index in [0.717, 1.165) is 13.8 Å². The number of aliphatic hydroxyl groups is 29. The summed E-state index contributed by atoms with van der Waals surface area (Å²) in [5.41, 5.74) is 0. The Balaban J connectivity index is 0.928. The van der Waals surface area contributed by atoms with Crippen LogP contribution in [0.1, 0.15) is 20.8 Å². The molecule has 10 aliphatic heterocycles. The van der Waals surface area contributed by atoms with E-state index in [-0.39, 0.29) is 0 Å². The van der Waals surface area contributed by atoms with Crippen molar-refractivity contribution < 1.29 is 248 Å². The SMILES string of the molecule is CC(=O)N[C@@H]1[C@@H](O)[C@H](O[C@@H]2O[C@H](CO)[C@@H](O[C@@H]3O[C@H](CO[C@H]4O[C@H](CO[C@H]5O[C@H](CO)[C@@H](O)[C@H](O)[C@@H]5O[C@H]5O[C@H](CO)[C@@H](O)[C@H](O[C@H]6O[C@H](CO)[C@@H](O)[C@H](O)[C@H]6O)[C@@H]5O)[C@@H](O)[C@H](O[C@H]5O[C@H](CO)[C@@H](O)[C@H](O)[C@@H]5O)[C@@H]4O)[C@@H](O)[C@H](O[C@H]4O[C@H](CO)[C@@H](O)[C@H](O)[C@@H]4O)[C@@H]3O)[C@H](O)[C@H]2NC(C)=O)[C@@H](CO[C@@H]2O[C@@H](C)[C@@H](O)[C@@H](O)[C@@H]2O)O[C@H]1O. The molecule has 10 fully saturated rings. The molecule has 52 heteroatoms. The number of amides is 2. The van der Waals surface area contributed by atoms with Gasteiger partial charge in [-0.05, 0) is 6.92 Å². The topological polar surface area (TPSA) is 820 Å².